The summed E-state index contributed by atoms with van der Waals surface area (Å²) < 4.78 is 5.67. The highest BCUT2D eigenvalue weighted by Gasteiger charge is 2.30. The van der Waals surface area contributed by atoms with Crippen LogP contribution in [0.15, 0.2) is 23.6 Å². The molecule has 1 fully saturated rings. The first-order chi connectivity index (χ1) is 15.3. The molecular formula is C24H32N4O3S. The van der Waals surface area contributed by atoms with Crippen LogP contribution < -0.4 is 9.64 Å². The smallest absolute Gasteiger partial charge is 0.273 e. The van der Waals surface area contributed by atoms with E-state index in [-0.39, 0.29) is 23.8 Å². The zero-order valence-corrected chi connectivity index (χ0v) is 20.2. The van der Waals surface area contributed by atoms with E-state index in [1.807, 2.05) is 16.3 Å². The number of fused-ring (bicyclic) bond motifs is 1. The van der Waals surface area contributed by atoms with Crippen molar-refractivity contribution in [3.8, 4) is 5.75 Å². The lowest BCUT2D eigenvalue weighted by Gasteiger charge is -2.33. The third-order valence-electron chi connectivity index (χ3n) is 6.74. The minimum atomic E-state index is -0.0947. The van der Waals surface area contributed by atoms with E-state index in [1.54, 1.807) is 4.90 Å². The first-order valence-corrected chi connectivity index (χ1v) is 12.2. The number of likely N-dealkylation sites (N-methyl/N-ethyl adjacent to an activating group) is 1. The normalized spacial score (nSPS) is 17.3. The number of carbonyl (C=O) groups is 2. The van der Waals surface area contributed by atoms with Crippen LogP contribution in [0.5, 0.6) is 5.75 Å². The molecule has 3 heterocycles. The Hall–Kier alpha value is -2.45. The second-order valence-electron chi connectivity index (χ2n) is 9.04. The van der Waals surface area contributed by atoms with Gasteiger partial charge in [0.15, 0.2) is 6.61 Å². The average Bonchev–Trinajstić information content (AvgIpc) is 3.29. The summed E-state index contributed by atoms with van der Waals surface area (Å²) in [7, 11) is 0. The highest BCUT2D eigenvalue weighted by Crippen LogP contribution is 2.38. The summed E-state index contributed by atoms with van der Waals surface area (Å²) in [5.74, 6) is 0.591. The van der Waals surface area contributed by atoms with Crippen LogP contribution in [0.4, 0.5) is 5.69 Å². The molecule has 7 nitrogen and oxygen atoms in total. The summed E-state index contributed by atoms with van der Waals surface area (Å²) in [6.07, 6.45) is 0.991. The molecule has 0 N–H and O–H groups in total. The fraction of sp³-hybridized carbons (Fsp3) is 0.542. The maximum atomic E-state index is 12.9. The largest absolute Gasteiger partial charge is 0.482 e. The molecule has 172 valence electrons. The molecular weight excluding hydrogens is 424 g/mol. The van der Waals surface area contributed by atoms with Crippen molar-refractivity contribution in [2.45, 2.75) is 46.1 Å². The van der Waals surface area contributed by atoms with Gasteiger partial charge in [0.05, 0.1) is 12.2 Å². The van der Waals surface area contributed by atoms with E-state index in [2.05, 4.69) is 49.7 Å². The van der Waals surface area contributed by atoms with Crippen LogP contribution in [0.25, 0.3) is 0 Å². The zero-order valence-electron chi connectivity index (χ0n) is 19.4. The van der Waals surface area contributed by atoms with Crippen LogP contribution >= 0.6 is 11.3 Å². The van der Waals surface area contributed by atoms with Crippen LogP contribution in [0.2, 0.25) is 0 Å². The van der Waals surface area contributed by atoms with Crippen LogP contribution in [-0.2, 0) is 16.8 Å². The van der Waals surface area contributed by atoms with Crippen molar-refractivity contribution in [1.29, 1.82) is 0 Å². The quantitative estimate of drug-likeness (QED) is 0.665. The van der Waals surface area contributed by atoms with Gasteiger partial charge in [-0.2, -0.15) is 0 Å². The van der Waals surface area contributed by atoms with E-state index < -0.39 is 0 Å². The average molecular weight is 457 g/mol. The number of benzene rings is 1. The molecule has 1 aromatic heterocycles. The number of anilines is 1. The second-order valence-corrected chi connectivity index (χ2v) is 9.98. The zero-order chi connectivity index (χ0) is 22.9. The standard InChI is InChI=1S/C24H32N4O3S/c1-5-24(3,4)17-7-8-20-19(13-17)28(22(29)15-31-20)14-21-25-18(16-32-21)23(30)27-11-9-26(6-2)10-12-27/h7-8,13,16H,5-6,9-12,14-15H2,1-4H3. The summed E-state index contributed by atoms with van der Waals surface area (Å²) in [6, 6.07) is 6.09. The molecule has 0 atom stereocenters. The Morgan fingerprint density at radius 3 is 2.62 bits per heavy atom. The van der Waals surface area contributed by atoms with Gasteiger partial charge in [-0.05, 0) is 36.1 Å². The minimum absolute atomic E-state index is 0.00373. The van der Waals surface area contributed by atoms with Gasteiger partial charge >= 0.3 is 0 Å². The predicted octanol–water partition coefficient (Wildman–Crippen LogP) is 3.53. The Morgan fingerprint density at radius 1 is 1.19 bits per heavy atom. The Balaban J connectivity index is 1.52. The van der Waals surface area contributed by atoms with Crippen molar-refractivity contribution in [2.24, 2.45) is 0 Å². The topological polar surface area (TPSA) is 66.0 Å². The van der Waals surface area contributed by atoms with Crippen LogP contribution in [-0.4, -0.2) is 65.9 Å². The van der Waals surface area contributed by atoms with Crippen molar-refractivity contribution in [2.75, 3.05) is 44.2 Å². The number of aromatic nitrogens is 1. The third kappa shape index (κ3) is 4.52. The van der Waals surface area contributed by atoms with Crippen molar-refractivity contribution >= 4 is 28.8 Å². The number of carbonyl (C=O) groups excluding carboxylic acids is 2. The third-order valence-corrected chi connectivity index (χ3v) is 7.57. The number of amides is 2. The van der Waals surface area contributed by atoms with Gasteiger partial charge in [-0.1, -0.05) is 33.8 Å². The Kier molecular flexibility index (Phi) is 6.53. The van der Waals surface area contributed by atoms with Crippen molar-refractivity contribution in [3.05, 3.63) is 39.8 Å². The SMILES string of the molecule is CCN1CCN(C(=O)c2csc(CN3C(=O)COc4ccc(C(C)(C)CC)cc43)n2)CC1. The van der Waals surface area contributed by atoms with E-state index in [1.165, 1.54) is 16.9 Å². The highest BCUT2D eigenvalue weighted by molar-refractivity contribution is 7.09. The van der Waals surface area contributed by atoms with Gasteiger partial charge in [0.2, 0.25) is 0 Å². The Bertz CT molecular complexity index is 995. The number of nitrogens with zero attached hydrogens (tertiary/aromatic N) is 4. The lowest BCUT2D eigenvalue weighted by atomic mass is 9.82. The maximum absolute atomic E-state index is 12.9. The van der Waals surface area contributed by atoms with E-state index in [0.717, 1.165) is 49.8 Å². The molecule has 2 aromatic rings. The van der Waals surface area contributed by atoms with Gasteiger partial charge in [0, 0.05) is 31.6 Å². The minimum Gasteiger partial charge on any atom is -0.482 e. The molecule has 2 aliphatic heterocycles. The molecule has 0 unspecified atom stereocenters. The van der Waals surface area contributed by atoms with Crippen molar-refractivity contribution < 1.29 is 14.3 Å². The molecule has 1 saturated heterocycles. The van der Waals surface area contributed by atoms with Crippen LogP contribution in [0.3, 0.4) is 0 Å². The maximum Gasteiger partial charge on any atom is 0.273 e. The fourth-order valence-corrected chi connectivity index (χ4v) is 4.80. The van der Waals surface area contributed by atoms with E-state index in [9.17, 15) is 9.59 Å². The lowest BCUT2D eigenvalue weighted by Crippen LogP contribution is -2.48. The molecule has 0 saturated carbocycles. The molecule has 2 amide bonds. The van der Waals surface area contributed by atoms with Gasteiger partial charge in [0.25, 0.3) is 11.8 Å². The van der Waals surface area contributed by atoms with Crippen molar-refractivity contribution in [3.63, 3.8) is 0 Å². The van der Waals surface area contributed by atoms with Gasteiger partial charge in [-0.3, -0.25) is 14.5 Å². The molecule has 0 radical (unpaired) electrons. The van der Waals surface area contributed by atoms with Gasteiger partial charge < -0.3 is 14.5 Å². The lowest BCUT2D eigenvalue weighted by molar-refractivity contribution is -0.121. The van der Waals surface area contributed by atoms with Gasteiger partial charge in [0.1, 0.15) is 16.5 Å². The first-order valence-electron chi connectivity index (χ1n) is 11.4. The van der Waals surface area contributed by atoms with Crippen molar-refractivity contribution in [1.82, 2.24) is 14.8 Å². The summed E-state index contributed by atoms with van der Waals surface area (Å²) in [5.41, 5.74) is 2.42. The molecule has 0 bridgehead atoms. The number of thiazole rings is 1. The van der Waals surface area contributed by atoms with E-state index in [0.29, 0.717) is 18.0 Å². The molecule has 8 heteroatoms. The Labute approximate surface area is 194 Å². The fourth-order valence-electron chi connectivity index (χ4n) is 4.05. The summed E-state index contributed by atoms with van der Waals surface area (Å²) in [4.78, 5) is 36.2. The predicted molar refractivity (Wildman–Crippen MR) is 127 cm³/mol. The second kappa shape index (κ2) is 9.19. The summed E-state index contributed by atoms with van der Waals surface area (Å²) in [5, 5.41) is 2.56. The van der Waals surface area contributed by atoms with Crippen LogP contribution in [0, 0.1) is 0 Å². The monoisotopic (exact) mass is 456 g/mol. The number of piperazine rings is 1. The van der Waals surface area contributed by atoms with Gasteiger partial charge in [-0.15, -0.1) is 11.3 Å². The highest BCUT2D eigenvalue weighted by atomic mass is 32.1. The van der Waals surface area contributed by atoms with Crippen LogP contribution in [0.1, 0.15) is 55.2 Å². The summed E-state index contributed by atoms with van der Waals surface area (Å²) in [6.45, 7) is 13.3. The number of hydrogen-bond acceptors (Lipinski definition) is 6. The molecule has 32 heavy (non-hydrogen) atoms. The number of rotatable bonds is 6. The van der Waals surface area contributed by atoms with E-state index >= 15 is 0 Å². The number of hydrogen-bond donors (Lipinski definition) is 0. The van der Waals surface area contributed by atoms with Gasteiger partial charge in [-0.25, -0.2) is 4.98 Å². The first kappa shape index (κ1) is 22.7. The molecule has 1 aromatic carbocycles. The molecule has 0 aliphatic carbocycles. The molecule has 4 rings (SSSR count). The Morgan fingerprint density at radius 2 is 1.94 bits per heavy atom. The summed E-state index contributed by atoms with van der Waals surface area (Å²) >= 11 is 1.43. The number of ether oxygens (including phenoxy) is 1. The molecule has 0 spiro atoms. The van der Waals surface area contributed by atoms with E-state index in [4.69, 9.17) is 4.74 Å². The molecule has 2 aliphatic rings.